The third kappa shape index (κ3) is 4.09. The molecule has 0 radical (unpaired) electrons. The van der Waals surface area contributed by atoms with Gasteiger partial charge in [0.15, 0.2) is 0 Å². The molecule has 1 aliphatic rings. The van der Waals surface area contributed by atoms with E-state index in [9.17, 15) is 0 Å². The van der Waals surface area contributed by atoms with Crippen molar-refractivity contribution >= 4 is 0 Å². The summed E-state index contributed by atoms with van der Waals surface area (Å²) in [7, 11) is 1.73. The van der Waals surface area contributed by atoms with Gasteiger partial charge in [-0.15, -0.1) is 0 Å². The Balaban J connectivity index is 2.41. The van der Waals surface area contributed by atoms with Crippen molar-refractivity contribution in [2.24, 2.45) is 0 Å². The molecule has 0 aromatic rings. The molecule has 0 bridgehead atoms. The number of hydrogen-bond acceptors (Lipinski definition) is 3. The maximum Gasteiger partial charge on any atom is 0.0811 e. The summed E-state index contributed by atoms with van der Waals surface area (Å²) in [5.41, 5.74) is 0.0773. The first-order chi connectivity index (χ1) is 7.22. The molecule has 1 saturated carbocycles. The van der Waals surface area contributed by atoms with Crippen molar-refractivity contribution in [1.82, 2.24) is 5.32 Å². The van der Waals surface area contributed by atoms with Gasteiger partial charge >= 0.3 is 0 Å². The summed E-state index contributed by atoms with van der Waals surface area (Å²) in [6, 6.07) is 0. The quantitative estimate of drug-likeness (QED) is 0.704. The third-order valence-electron chi connectivity index (χ3n) is 3.06. The van der Waals surface area contributed by atoms with E-state index in [0.29, 0.717) is 6.61 Å². The second kappa shape index (κ2) is 6.46. The number of nitrogens with one attached hydrogen (secondary N) is 1. The van der Waals surface area contributed by atoms with Crippen LogP contribution in [0.2, 0.25) is 0 Å². The maximum absolute atomic E-state index is 6.15. The van der Waals surface area contributed by atoms with E-state index < -0.39 is 0 Å². The van der Waals surface area contributed by atoms with Crippen molar-refractivity contribution in [3.63, 3.8) is 0 Å². The summed E-state index contributed by atoms with van der Waals surface area (Å²) in [6.45, 7) is 6.92. The molecule has 1 fully saturated rings. The average Bonchev–Trinajstić information content (AvgIpc) is 2.64. The molecule has 0 heterocycles. The van der Waals surface area contributed by atoms with Crippen LogP contribution >= 0.6 is 0 Å². The Kier molecular flexibility index (Phi) is 5.58. The summed E-state index contributed by atoms with van der Waals surface area (Å²) in [5.74, 6) is 0. The molecule has 0 spiro atoms. The maximum atomic E-state index is 6.15. The first-order valence-corrected chi connectivity index (χ1v) is 6.10. The van der Waals surface area contributed by atoms with Crippen LogP contribution in [0.15, 0.2) is 0 Å². The zero-order valence-corrected chi connectivity index (χ0v) is 10.3. The fraction of sp³-hybridized carbons (Fsp3) is 1.00. The van der Waals surface area contributed by atoms with Crippen LogP contribution in [0.3, 0.4) is 0 Å². The van der Waals surface area contributed by atoms with E-state index in [-0.39, 0.29) is 11.7 Å². The largest absolute Gasteiger partial charge is 0.382 e. The fourth-order valence-electron chi connectivity index (χ4n) is 2.40. The lowest BCUT2D eigenvalue weighted by atomic mass is 10.0. The van der Waals surface area contributed by atoms with Gasteiger partial charge < -0.3 is 14.8 Å². The highest BCUT2D eigenvalue weighted by molar-refractivity contribution is 4.89. The minimum atomic E-state index is 0.0773. The highest BCUT2D eigenvalue weighted by Crippen LogP contribution is 2.33. The zero-order valence-electron chi connectivity index (χ0n) is 10.3. The predicted molar refractivity (Wildman–Crippen MR) is 62.2 cm³/mol. The van der Waals surface area contributed by atoms with Crippen LogP contribution < -0.4 is 5.32 Å². The SMILES string of the molecule is CCNCC1(OC(C)COC)CCCC1. The van der Waals surface area contributed by atoms with Crippen LogP contribution in [0.25, 0.3) is 0 Å². The highest BCUT2D eigenvalue weighted by atomic mass is 16.5. The Bertz CT molecular complexity index is 167. The minimum absolute atomic E-state index is 0.0773. The average molecular weight is 215 g/mol. The molecule has 90 valence electrons. The Hall–Kier alpha value is -0.120. The van der Waals surface area contributed by atoms with Gasteiger partial charge in [-0.05, 0) is 26.3 Å². The van der Waals surface area contributed by atoms with Crippen molar-refractivity contribution in [3.8, 4) is 0 Å². The Morgan fingerprint density at radius 2 is 2.00 bits per heavy atom. The number of hydrogen-bond donors (Lipinski definition) is 1. The van der Waals surface area contributed by atoms with E-state index in [4.69, 9.17) is 9.47 Å². The fourth-order valence-corrected chi connectivity index (χ4v) is 2.40. The summed E-state index contributed by atoms with van der Waals surface area (Å²) >= 11 is 0. The Labute approximate surface area is 93.5 Å². The van der Waals surface area contributed by atoms with E-state index in [2.05, 4.69) is 19.2 Å². The second-order valence-electron chi connectivity index (χ2n) is 4.55. The highest BCUT2D eigenvalue weighted by Gasteiger charge is 2.35. The Morgan fingerprint density at radius 3 is 2.53 bits per heavy atom. The normalized spacial score (nSPS) is 21.8. The van der Waals surface area contributed by atoms with Crippen LogP contribution in [-0.2, 0) is 9.47 Å². The molecule has 1 N–H and O–H groups in total. The number of ether oxygens (including phenoxy) is 2. The molecule has 3 heteroatoms. The van der Waals surface area contributed by atoms with Crippen LogP contribution in [-0.4, -0.2) is 38.5 Å². The lowest BCUT2D eigenvalue weighted by Crippen LogP contribution is -2.43. The minimum Gasteiger partial charge on any atom is -0.382 e. The van der Waals surface area contributed by atoms with E-state index in [0.717, 1.165) is 13.1 Å². The molecule has 3 nitrogen and oxygen atoms in total. The molecule has 1 aliphatic carbocycles. The van der Waals surface area contributed by atoms with Crippen molar-refractivity contribution in [1.29, 1.82) is 0 Å². The molecule has 1 atom stereocenters. The van der Waals surface area contributed by atoms with Crippen molar-refractivity contribution in [3.05, 3.63) is 0 Å². The van der Waals surface area contributed by atoms with E-state index in [1.54, 1.807) is 7.11 Å². The van der Waals surface area contributed by atoms with Crippen LogP contribution in [0.4, 0.5) is 0 Å². The summed E-state index contributed by atoms with van der Waals surface area (Å²) in [6.07, 6.45) is 5.17. The lowest BCUT2D eigenvalue weighted by Gasteiger charge is -2.32. The smallest absolute Gasteiger partial charge is 0.0811 e. The molecule has 0 saturated heterocycles. The Morgan fingerprint density at radius 1 is 1.33 bits per heavy atom. The summed E-state index contributed by atoms with van der Waals surface area (Å²) < 4.78 is 11.3. The van der Waals surface area contributed by atoms with Crippen molar-refractivity contribution in [2.75, 3.05) is 26.8 Å². The topological polar surface area (TPSA) is 30.5 Å². The van der Waals surface area contributed by atoms with Gasteiger partial charge in [0, 0.05) is 13.7 Å². The summed E-state index contributed by atoms with van der Waals surface area (Å²) in [4.78, 5) is 0. The van der Waals surface area contributed by atoms with Crippen LogP contribution in [0.1, 0.15) is 39.5 Å². The molecule has 1 rings (SSSR count). The van der Waals surface area contributed by atoms with Gasteiger partial charge in [-0.3, -0.25) is 0 Å². The molecule has 0 aliphatic heterocycles. The molecule has 15 heavy (non-hydrogen) atoms. The first-order valence-electron chi connectivity index (χ1n) is 6.10. The van der Waals surface area contributed by atoms with Crippen molar-refractivity contribution < 1.29 is 9.47 Å². The van der Waals surface area contributed by atoms with E-state index >= 15 is 0 Å². The molecule has 0 aromatic carbocycles. The van der Waals surface area contributed by atoms with Gasteiger partial charge in [-0.25, -0.2) is 0 Å². The second-order valence-corrected chi connectivity index (χ2v) is 4.55. The van der Waals surface area contributed by atoms with Crippen LogP contribution in [0.5, 0.6) is 0 Å². The molecule has 0 aromatic heterocycles. The number of methoxy groups -OCH3 is 1. The summed E-state index contributed by atoms with van der Waals surface area (Å²) in [5, 5.41) is 3.41. The van der Waals surface area contributed by atoms with E-state index in [1.807, 2.05) is 0 Å². The lowest BCUT2D eigenvalue weighted by molar-refractivity contribution is -0.102. The zero-order chi connectivity index (χ0) is 11.1. The van der Waals surface area contributed by atoms with Gasteiger partial charge in [0.2, 0.25) is 0 Å². The van der Waals surface area contributed by atoms with Gasteiger partial charge in [0.1, 0.15) is 0 Å². The van der Waals surface area contributed by atoms with Crippen LogP contribution in [0, 0.1) is 0 Å². The predicted octanol–water partition coefficient (Wildman–Crippen LogP) is 1.96. The third-order valence-corrected chi connectivity index (χ3v) is 3.06. The van der Waals surface area contributed by atoms with E-state index in [1.165, 1.54) is 25.7 Å². The molecular weight excluding hydrogens is 190 g/mol. The van der Waals surface area contributed by atoms with Crippen molar-refractivity contribution in [2.45, 2.75) is 51.2 Å². The monoisotopic (exact) mass is 215 g/mol. The number of likely N-dealkylation sites (N-methyl/N-ethyl adjacent to an activating group) is 1. The first kappa shape index (κ1) is 12.9. The molecule has 1 unspecified atom stereocenters. The van der Waals surface area contributed by atoms with Gasteiger partial charge in [-0.2, -0.15) is 0 Å². The van der Waals surface area contributed by atoms with Gasteiger partial charge in [-0.1, -0.05) is 19.8 Å². The molecular formula is C12H25NO2. The van der Waals surface area contributed by atoms with Gasteiger partial charge in [0.05, 0.1) is 18.3 Å². The molecule has 0 amide bonds. The number of rotatable bonds is 7. The van der Waals surface area contributed by atoms with Gasteiger partial charge in [0.25, 0.3) is 0 Å². The standard InChI is InChI=1S/C12H25NO2/c1-4-13-10-12(7-5-6-8-12)15-11(2)9-14-3/h11,13H,4-10H2,1-3H3.